The highest BCUT2D eigenvalue weighted by Crippen LogP contribution is 2.31. The lowest BCUT2D eigenvalue weighted by atomic mass is 9.85. The van der Waals surface area contributed by atoms with Gasteiger partial charge in [0.15, 0.2) is 0 Å². The summed E-state index contributed by atoms with van der Waals surface area (Å²) in [6, 6.07) is 5.29. The number of anilines is 1. The third kappa shape index (κ3) is 1.62. The lowest BCUT2D eigenvalue weighted by Crippen LogP contribution is -2.13. The average Bonchev–Trinajstić information content (AvgIpc) is 2.18. The van der Waals surface area contributed by atoms with Crippen LogP contribution in [-0.4, -0.2) is 4.98 Å². The number of pyridine rings is 1. The largest absolute Gasteiger partial charge is 0.383 e. The monoisotopic (exact) mass is 218 g/mol. The van der Waals surface area contributed by atoms with Crippen molar-refractivity contribution in [2.24, 2.45) is 0 Å². The number of nitrogens with zero attached hydrogens (tertiary/aromatic N) is 1. The Morgan fingerprint density at radius 3 is 2.44 bits per heavy atom. The van der Waals surface area contributed by atoms with Crippen molar-refractivity contribution in [3.8, 4) is 0 Å². The normalized spacial score (nSPS) is 12.0. The third-order valence-corrected chi connectivity index (χ3v) is 2.72. The molecule has 3 heteroatoms. The van der Waals surface area contributed by atoms with E-state index in [9.17, 15) is 4.39 Å². The van der Waals surface area contributed by atoms with E-state index in [0.29, 0.717) is 22.2 Å². The maximum atomic E-state index is 14.3. The van der Waals surface area contributed by atoms with E-state index in [1.807, 2.05) is 26.8 Å². The van der Waals surface area contributed by atoms with Crippen LogP contribution in [0.3, 0.4) is 0 Å². The van der Waals surface area contributed by atoms with Gasteiger partial charge in [0, 0.05) is 17.0 Å². The Morgan fingerprint density at radius 1 is 1.12 bits per heavy atom. The van der Waals surface area contributed by atoms with Gasteiger partial charge in [-0.05, 0) is 17.0 Å². The molecule has 16 heavy (non-hydrogen) atoms. The quantitative estimate of drug-likeness (QED) is 0.737. The smallest absolute Gasteiger partial charge is 0.134 e. The van der Waals surface area contributed by atoms with E-state index in [2.05, 4.69) is 4.98 Å². The van der Waals surface area contributed by atoms with Crippen LogP contribution >= 0.6 is 0 Å². The molecule has 0 saturated carbocycles. The molecule has 1 aromatic carbocycles. The molecule has 0 atom stereocenters. The summed E-state index contributed by atoms with van der Waals surface area (Å²) >= 11 is 0. The van der Waals surface area contributed by atoms with Crippen LogP contribution in [0.25, 0.3) is 10.8 Å². The molecule has 0 aliphatic heterocycles. The number of hydrogen-bond donors (Lipinski definition) is 1. The Labute approximate surface area is 94.3 Å². The number of nitrogen functional groups attached to an aromatic ring is 1. The van der Waals surface area contributed by atoms with Gasteiger partial charge in [0.2, 0.25) is 0 Å². The Kier molecular flexibility index (Phi) is 2.34. The van der Waals surface area contributed by atoms with Gasteiger partial charge in [0.25, 0.3) is 0 Å². The molecule has 0 spiro atoms. The van der Waals surface area contributed by atoms with Crippen LogP contribution in [0.1, 0.15) is 26.3 Å². The van der Waals surface area contributed by atoms with Crippen molar-refractivity contribution < 1.29 is 4.39 Å². The first-order valence-electron chi connectivity index (χ1n) is 5.24. The van der Waals surface area contributed by atoms with Crippen molar-refractivity contribution in [1.82, 2.24) is 4.98 Å². The molecule has 0 saturated heterocycles. The first-order valence-corrected chi connectivity index (χ1v) is 5.24. The maximum Gasteiger partial charge on any atom is 0.134 e. The van der Waals surface area contributed by atoms with Gasteiger partial charge < -0.3 is 5.73 Å². The summed E-state index contributed by atoms with van der Waals surface area (Å²) in [5.41, 5.74) is 6.19. The lowest BCUT2D eigenvalue weighted by Gasteiger charge is -2.20. The van der Waals surface area contributed by atoms with Crippen LogP contribution in [0.4, 0.5) is 10.2 Å². The zero-order chi connectivity index (χ0) is 11.9. The summed E-state index contributed by atoms with van der Waals surface area (Å²) in [5, 5.41) is 1.22. The first kappa shape index (κ1) is 10.9. The van der Waals surface area contributed by atoms with Gasteiger partial charge in [-0.2, -0.15) is 0 Å². The van der Waals surface area contributed by atoms with E-state index >= 15 is 0 Å². The number of rotatable bonds is 0. The zero-order valence-corrected chi connectivity index (χ0v) is 9.71. The van der Waals surface area contributed by atoms with E-state index in [1.54, 1.807) is 12.1 Å². The minimum atomic E-state index is -0.212. The molecule has 2 nitrogen and oxygen atoms in total. The van der Waals surface area contributed by atoms with Crippen LogP contribution in [0, 0.1) is 5.82 Å². The van der Waals surface area contributed by atoms with Crippen molar-refractivity contribution >= 4 is 16.6 Å². The molecule has 0 aliphatic carbocycles. The van der Waals surface area contributed by atoms with Gasteiger partial charge >= 0.3 is 0 Å². The predicted octanol–water partition coefficient (Wildman–Crippen LogP) is 3.25. The summed E-state index contributed by atoms with van der Waals surface area (Å²) in [4.78, 5) is 3.95. The minimum absolute atomic E-state index is 0.195. The van der Waals surface area contributed by atoms with Gasteiger partial charge in [-0.25, -0.2) is 9.37 Å². The molecule has 0 bridgehead atoms. The molecular formula is C13H15FN2. The summed E-state index contributed by atoms with van der Waals surface area (Å²) in [6.45, 7) is 5.96. The Morgan fingerprint density at radius 2 is 1.81 bits per heavy atom. The summed E-state index contributed by atoms with van der Waals surface area (Å²) < 4.78 is 14.3. The van der Waals surface area contributed by atoms with Crippen LogP contribution < -0.4 is 5.73 Å². The van der Waals surface area contributed by atoms with Crippen molar-refractivity contribution in [2.75, 3.05) is 5.73 Å². The molecular weight excluding hydrogens is 203 g/mol. The highest BCUT2D eigenvalue weighted by Gasteiger charge is 2.20. The third-order valence-electron chi connectivity index (χ3n) is 2.72. The zero-order valence-electron chi connectivity index (χ0n) is 9.71. The molecule has 0 amide bonds. The number of aromatic nitrogens is 1. The SMILES string of the molecule is CC(C)(C)c1ccc2c(N)nccc2c1F. The first-order chi connectivity index (χ1) is 7.41. The van der Waals surface area contributed by atoms with Gasteiger partial charge in [0.1, 0.15) is 11.6 Å². The van der Waals surface area contributed by atoms with Crippen LogP contribution in [0.2, 0.25) is 0 Å². The Hall–Kier alpha value is -1.64. The number of halogens is 1. The standard InChI is InChI=1S/C13H15FN2/c1-13(2,3)10-5-4-9-8(11(10)14)6-7-16-12(9)15/h4-7H,1-3H3,(H2,15,16). The second kappa shape index (κ2) is 3.44. The van der Waals surface area contributed by atoms with Crippen LogP contribution in [0.15, 0.2) is 24.4 Å². The molecule has 2 aromatic rings. The molecule has 1 heterocycles. The molecule has 0 unspecified atom stereocenters. The number of benzene rings is 1. The van der Waals surface area contributed by atoms with Gasteiger partial charge in [0.05, 0.1) is 0 Å². The van der Waals surface area contributed by atoms with Crippen molar-refractivity contribution in [2.45, 2.75) is 26.2 Å². The van der Waals surface area contributed by atoms with E-state index < -0.39 is 0 Å². The van der Waals surface area contributed by atoms with E-state index in [0.717, 1.165) is 0 Å². The topological polar surface area (TPSA) is 38.9 Å². The maximum absolute atomic E-state index is 14.3. The highest BCUT2D eigenvalue weighted by molar-refractivity contribution is 5.91. The molecule has 1 aromatic heterocycles. The second-order valence-electron chi connectivity index (χ2n) is 4.97. The predicted molar refractivity (Wildman–Crippen MR) is 64.8 cm³/mol. The average molecular weight is 218 g/mol. The molecule has 0 radical (unpaired) electrons. The van der Waals surface area contributed by atoms with Gasteiger partial charge in [-0.3, -0.25) is 0 Å². The Balaban J connectivity index is 2.81. The molecule has 0 fully saturated rings. The second-order valence-corrected chi connectivity index (χ2v) is 4.97. The van der Waals surface area contributed by atoms with E-state index in [-0.39, 0.29) is 11.2 Å². The fraction of sp³-hybridized carbons (Fsp3) is 0.308. The van der Waals surface area contributed by atoms with E-state index in [4.69, 9.17) is 5.73 Å². The van der Waals surface area contributed by atoms with Gasteiger partial charge in [-0.15, -0.1) is 0 Å². The molecule has 0 aliphatic rings. The minimum Gasteiger partial charge on any atom is -0.383 e. The fourth-order valence-electron chi connectivity index (χ4n) is 1.82. The summed E-state index contributed by atoms with van der Waals surface area (Å²) in [6.07, 6.45) is 1.53. The van der Waals surface area contributed by atoms with E-state index in [1.165, 1.54) is 6.20 Å². The molecule has 2 N–H and O–H groups in total. The number of nitrogens with two attached hydrogens (primary N) is 1. The van der Waals surface area contributed by atoms with Crippen LogP contribution in [-0.2, 0) is 5.41 Å². The highest BCUT2D eigenvalue weighted by atomic mass is 19.1. The Bertz CT molecular complexity index is 541. The number of hydrogen-bond acceptors (Lipinski definition) is 2. The van der Waals surface area contributed by atoms with Crippen LogP contribution in [0.5, 0.6) is 0 Å². The van der Waals surface area contributed by atoms with Crippen molar-refractivity contribution in [3.05, 3.63) is 35.8 Å². The lowest BCUT2D eigenvalue weighted by molar-refractivity contribution is 0.529. The molecule has 2 rings (SSSR count). The number of fused-ring (bicyclic) bond motifs is 1. The summed E-state index contributed by atoms with van der Waals surface area (Å²) in [5.74, 6) is 0.177. The van der Waals surface area contributed by atoms with Crippen molar-refractivity contribution in [1.29, 1.82) is 0 Å². The van der Waals surface area contributed by atoms with Gasteiger partial charge in [-0.1, -0.05) is 32.9 Å². The summed E-state index contributed by atoms with van der Waals surface area (Å²) in [7, 11) is 0. The van der Waals surface area contributed by atoms with Crippen molar-refractivity contribution in [3.63, 3.8) is 0 Å². The fourth-order valence-corrected chi connectivity index (χ4v) is 1.82. The molecule has 84 valence electrons.